The van der Waals surface area contributed by atoms with Gasteiger partial charge in [-0.3, -0.25) is 4.90 Å². The van der Waals surface area contributed by atoms with E-state index in [1.807, 2.05) is 0 Å². The Kier molecular flexibility index (Phi) is 4.13. The molecule has 1 saturated heterocycles. The van der Waals surface area contributed by atoms with E-state index in [2.05, 4.69) is 49.1 Å². The van der Waals surface area contributed by atoms with Crippen molar-refractivity contribution in [1.29, 1.82) is 0 Å². The first-order chi connectivity index (χ1) is 9.65. The zero-order chi connectivity index (χ0) is 14.1. The smallest absolute Gasteiger partial charge is 0.0571 e. The summed E-state index contributed by atoms with van der Waals surface area (Å²) < 4.78 is 0. The standard InChI is InChI=1S/C18H27NO/c1-13-10-18(20)14(2)16-8-9-19(12-17(13)16)11-15-6-4-3-5-7-15/h3-7,13-14,16-18,20H,8-12H2,1-2H3/t13-,14?,16?,17?,18?/m1/s1. The summed E-state index contributed by atoms with van der Waals surface area (Å²) in [5.41, 5.74) is 1.42. The Labute approximate surface area is 122 Å². The molecule has 4 unspecified atom stereocenters. The predicted octanol–water partition coefficient (Wildman–Crippen LogP) is 3.16. The van der Waals surface area contributed by atoms with Crippen LogP contribution in [0.5, 0.6) is 0 Å². The Morgan fingerprint density at radius 1 is 1.15 bits per heavy atom. The van der Waals surface area contributed by atoms with Crippen LogP contribution in [0.15, 0.2) is 30.3 Å². The molecule has 110 valence electrons. The predicted molar refractivity (Wildman–Crippen MR) is 82.3 cm³/mol. The fraction of sp³-hybridized carbons (Fsp3) is 0.667. The second kappa shape index (κ2) is 5.87. The summed E-state index contributed by atoms with van der Waals surface area (Å²) in [6.07, 6.45) is 2.16. The minimum absolute atomic E-state index is 0.0769. The average molecular weight is 273 g/mol. The molecule has 1 aromatic rings. The van der Waals surface area contributed by atoms with Crippen LogP contribution in [0, 0.1) is 23.7 Å². The molecule has 0 radical (unpaired) electrons. The van der Waals surface area contributed by atoms with Crippen LogP contribution in [-0.4, -0.2) is 29.2 Å². The van der Waals surface area contributed by atoms with Crippen molar-refractivity contribution in [3.63, 3.8) is 0 Å². The SMILES string of the molecule is CC1C(O)C[C@@H](C)C2CN(Cc3ccccc3)CCC12. The lowest BCUT2D eigenvalue weighted by Crippen LogP contribution is -2.50. The molecule has 1 aromatic carbocycles. The first-order valence-electron chi connectivity index (χ1n) is 8.09. The molecule has 0 spiro atoms. The quantitative estimate of drug-likeness (QED) is 0.894. The van der Waals surface area contributed by atoms with Crippen LogP contribution in [0.3, 0.4) is 0 Å². The number of hydrogen-bond donors (Lipinski definition) is 1. The Balaban J connectivity index is 1.66. The molecule has 0 bridgehead atoms. The van der Waals surface area contributed by atoms with E-state index in [9.17, 15) is 5.11 Å². The van der Waals surface area contributed by atoms with E-state index in [1.165, 1.54) is 25.1 Å². The number of piperidine rings is 1. The molecule has 2 fully saturated rings. The number of benzene rings is 1. The van der Waals surface area contributed by atoms with E-state index in [0.717, 1.165) is 24.8 Å². The zero-order valence-corrected chi connectivity index (χ0v) is 12.7. The molecular formula is C18H27NO. The molecule has 0 amide bonds. The summed E-state index contributed by atoms with van der Waals surface area (Å²) in [4.78, 5) is 2.61. The normalized spacial score (nSPS) is 38.5. The van der Waals surface area contributed by atoms with Crippen LogP contribution in [-0.2, 0) is 6.54 Å². The van der Waals surface area contributed by atoms with E-state index in [-0.39, 0.29) is 6.10 Å². The van der Waals surface area contributed by atoms with Gasteiger partial charge < -0.3 is 5.11 Å². The Bertz CT molecular complexity index is 432. The van der Waals surface area contributed by atoms with Gasteiger partial charge in [0.25, 0.3) is 0 Å². The third kappa shape index (κ3) is 2.77. The van der Waals surface area contributed by atoms with Crippen LogP contribution < -0.4 is 0 Å². The summed E-state index contributed by atoms with van der Waals surface area (Å²) in [6, 6.07) is 10.8. The van der Waals surface area contributed by atoms with E-state index < -0.39 is 0 Å². The van der Waals surface area contributed by atoms with Gasteiger partial charge in [-0.25, -0.2) is 0 Å². The second-order valence-electron chi connectivity index (χ2n) is 6.98. The van der Waals surface area contributed by atoms with Gasteiger partial charge in [-0.05, 0) is 48.6 Å². The van der Waals surface area contributed by atoms with Crippen LogP contribution in [0.2, 0.25) is 0 Å². The molecular weight excluding hydrogens is 246 g/mol. The molecule has 0 aromatic heterocycles. The van der Waals surface area contributed by atoms with Crippen molar-refractivity contribution in [2.45, 2.75) is 39.3 Å². The van der Waals surface area contributed by atoms with Gasteiger partial charge >= 0.3 is 0 Å². The van der Waals surface area contributed by atoms with Gasteiger partial charge in [-0.15, -0.1) is 0 Å². The number of nitrogens with zero attached hydrogens (tertiary/aromatic N) is 1. The van der Waals surface area contributed by atoms with Crippen LogP contribution in [0.4, 0.5) is 0 Å². The summed E-state index contributed by atoms with van der Waals surface area (Å²) in [6.45, 7) is 8.05. The Hall–Kier alpha value is -0.860. The van der Waals surface area contributed by atoms with Gasteiger partial charge in [0, 0.05) is 13.1 Å². The highest BCUT2D eigenvalue weighted by atomic mass is 16.3. The molecule has 5 atom stereocenters. The molecule has 3 rings (SSSR count). The monoisotopic (exact) mass is 273 g/mol. The zero-order valence-electron chi connectivity index (χ0n) is 12.7. The number of aliphatic hydroxyl groups excluding tert-OH is 1. The molecule has 1 saturated carbocycles. The summed E-state index contributed by atoms with van der Waals surface area (Å²) in [7, 11) is 0. The van der Waals surface area contributed by atoms with Crippen molar-refractivity contribution >= 4 is 0 Å². The van der Waals surface area contributed by atoms with Crippen LogP contribution in [0.1, 0.15) is 32.3 Å². The fourth-order valence-corrected chi connectivity index (χ4v) is 4.37. The van der Waals surface area contributed by atoms with Gasteiger partial charge in [0.2, 0.25) is 0 Å². The third-order valence-corrected chi connectivity index (χ3v) is 5.67. The maximum atomic E-state index is 10.2. The van der Waals surface area contributed by atoms with Crippen molar-refractivity contribution in [2.24, 2.45) is 23.7 Å². The molecule has 1 aliphatic carbocycles. The first kappa shape index (κ1) is 14.1. The lowest BCUT2D eigenvalue weighted by molar-refractivity contribution is -0.0558. The van der Waals surface area contributed by atoms with E-state index in [4.69, 9.17) is 0 Å². The van der Waals surface area contributed by atoms with Gasteiger partial charge in [-0.1, -0.05) is 44.2 Å². The fourth-order valence-electron chi connectivity index (χ4n) is 4.37. The van der Waals surface area contributed by atoms with Gasteiger partial charge in [0.1, 0.15) is 0 Å². The minimum atomic E-state index is -0.0769. The first-order valence-corrected chi connectivity index (χ1v) is 8.09. The Morgan fingerprint density at radius 3 is 2.65 bits per heavy atom. The molecule has 1 N–H and O–H groups in total. The third-order valence-electron chi connectivity index (χ3n) is 5.67. The molecule has 2 nitrogen and oxygen atoms in total. The summed E-state index contributed by atoms with van der Waals surface area (Å²) in [5.74, 6) is 2.63. The van der Waals surface area contributed by atoms with E-state index in [1.54, 1.807) is 0 Å². The highest BCUT2D eigenvalue weighted by Gasteiger charge is 2.42. The number of rotatable bonds is 2. The maximum Gasteiger partial charge on any atom is 0.0571 e. The van der Waals surface area contributed by atoms with Crippen molar-refractivity contribution in [3.8, 4) is 0 Å². The Morgan fingerprint density at radius 2 is 1.90 bits per heavy atom. The second-order valence-corrected chi connectivity index (χ2v) is 6.98. The van der Waals surface area contributed by atoms with Crippen molar-refractivity contribution in [3.05, 3.63) is 35.9 Å². The molecule has 1 aliphatic heterocycles. The average Bonchev–Trinajstić information content (AvgIpc) is 2.46. The van der Waals surface area contributed by atoms with Crippen molar-refractivity contribution in [1.82, 2.24) is 4.90 Å². The molecule has 20 heavy (non-hydrogen) atoms. The number of likely N-dealkylation sites (tertiary alicyclic amines) is 1. The topological polar surface area (TPSA) is 23.5 Å². The highest BCUT2D eigenvalue weighted by Crippen LogP contribution is 2.43. The van der Waals surface area contributed by atoms with Crippen molar-refractivity contribution in [2.75, 3.05) is 13.1 Å². The van der Waals surface area contributed by atoms with Crippen LogP contribution in [0.25, 0.3) is 0 Å². The molecule has 2 aliphatic rings. The van der Waals surface area contributed by atoms with E-state index in [0.29, 0.717) is 11.8 Å². The van der Waals surface area contributed by atoms with Gasteiger partial charge in [0.05, 0.1) is 6.10 Å². The summed E-state index contributed by atoms with van der Waals surface area (Å²) >= 11 is 0. The summed E-state index contributed by atoms with van der Waals surface area (Å²) in [5, 5.41) is 10.2. The maximum absolute atomic E-state index is 10.2. The molecule has 1 heterocycles. The number of aliphatic hydroxyl groups is 1. The lowest BCUT2D eigenvalue weighted by atomic mass is 9.63. The van der Waals surface area contributed by atoms with Gasteiger partial charge in [-0.2, -0.15) is 0 Å². The largest absolute Gasteiger partial charge is 0.393 e. The van der Waals surface area contributed by atoms with Gasteiger partial charge in [0.15, 0.2) is 0 Å². The number of hydrogen-bond acceptors (Lipinski definition) is 2. The molecule has 2 heteroatoms. The number of fused-ring (bicyclic) bond motifs is 1. The highest BCUT2D eigenvalue weighted by molar-refractivity contribution is 5.14. The van der Waals surface area contributed by atoms with E-state index >= 15 is 0 Å². The van der Waals surface area contributed by atoms with Crippen molar-refractivity contribution < 1.29 is 5.11 Å². The van der Waals surface area contributed by atoms with Crippen LogP contribution >= 0.6 is 0 Å². The lowest BCUT2D eigenvalue weighted by Gasteiger charge is -2.49. The minimum Gasteiger partial charge on any atom is -0.393 e.